The predicted molar refractivity (Wildman–Crippen MR) is 48.9 cm³/mol. The minimum atomic E-state index is -0.450. The molecule has 0 aliphatic carbocycles. The zero-order chi connectivity index (χ0) is 10.1. The first-order valence-corrected chi connectivity index (χ1v) is 3.91. The van der Waals surface area contributed by atoms with E-state index in [1.54, 1.807) is 12.1 Å². The molecule has 0 aliphatic rings. The van der Waals surface area contributed by atoms with E-state index >= 15 is 0 Å². The van der Waals surface area contributed by atoms with Crippen molar-refractivity contribution < 1.29 is 9.33 Å². The Kier molecular flexibility index (Phi) is 1.94. The van der Waals surface area contributed by atoms with Crippen LogP contribution >= 0.6 is 0 Å². The topological polar surface area (TPSA) is 57.2 Å². The van der Waals surface area contributed by atoms with E-state index in [4.69, 9.17) is 5.90 Å². The molecule has 0 saturated heterocycles. The Balaban J connectivity index is 2.91. The van der Waals surface area contributed by atoms with Crippen molar-refractivity contribution in [3.8, 4) is 0 Å². The fourth-order valence-corrected chi connectivity index (χ4v) is 1.29. The quantitative estimate of drug-likeness (QED) is 0.670. The molecule has 1 heterocycles. The van der Waals surface area contributed by atoms with Crippen LogP contribution in [0.4, 0.5) is 4.39 Å². The van der Waals surface area contributed by atoms with Crippen LogP contribution in [0.25, 0.3) is 10.9 Å². The van der Waals surface area contributed by atoms with Crippen molar-refractivity contribution in [1.29, 1.82) is 0 Å². The van der Waals surface area contributed by atoms with E-state index in [1.807, 2.05) is 0 Å². The van der Waals surface area contributed by atoms with E-state index in [1.165, 1.54) is 18.2 Å². The van der Waals surface area contributed by atoms with Crippen molar-refractivity contribution >= 4 is 10.9 Å². The monoisotopic (exact) mass is 194 g/mol. The number of hydrogen-bond donors (Lipinski definition) is 1. The molecule has 0 unspecified atom stereocenters. The third-order valence-corrected chi connectivity index (χ3v) is 1.92. The van der Waals surface area contributed by atoms with Crippen LogP contribution in [-0.4, -0.2) is 4.73 Å². The van der Waals surface area contributed by atoms with Crippen LogP contribution in [0.3, 0.4) is 0 Å². The average Bonchev–Trinajstić information content (AvgIpc) is 2.17. The molecule has 0 fully saturated rings. The molecule has 1 aromatic carbocycles. The lowest BCUT2D eigenvalue weighted by molar-refractivity contribution is 0.114. The number of halogens is 1. The van der Waals surface area contributed by atoms with Crippen LogP contribution in [-0.2, 0) is 0 Å². The maximum Gasteiger partial charge on any atom is 0.285 e. The maximum atomic E-state index is 12.9. The number of benzene rings is 1. The highest BCUT2D eigenvalue weighted by Gasteiger charge is 2.03. The van der Waals surface area contributed by atoms with Crippen molar-refractivity contribution in [1.82, 2.24) is 4.73 Å². The first-order chi connectivity index (χ1) is 6.72. The molecular weight excluding hydrogens is 187 g/mol. The fourth-order valence-electron chi connectivity index (χ4n) is 1.29. The van der Waals surface area contributed by atoms with Gasteiger partial charge >= 0.3 is 0 Å². The standard InChI is InChI=1S/C9H7FN2O2/c10-7-3-1-6-2-4-9(13)12(14-11)8(6)5-7/h1-5H,11H2. The van der Waals surface area contributed by atoms with Gasteiger partial charge in [0.25, 0.3) is 5.56 Å². The van der Waals surface area contributed by atoms with Gasteiger partial charge in [-0.2, -0.15) is 0 Å². The highest BCUT2D eigenvalue weighted by molar-refractivity contribution is 5.78. The summed E-state index contributed by atoms with van der Waals surface area (Å²) >= 11 is 0. The van der Waals surface area contributed by atoms with Crippen molar-refractivity contribution in [3.63, 3.8) is 0 Å². The van der Waals surface area contributed by atoms with Gasteiger partial charge in [-0.1, -0.05) is 0 Å². The fraction of sp³-hybridized carbons (Fsp3) is 0. The first kappa shape index (κ1) is 8.71. The van der Waals surface area contributed by atoms with E-state index in [2.05, 4.69) is 4.94 Å². The Morgan fingerprint density at radius 2 is 2.00 bits per heavy atom. The van der Waals surface area contributed by atoms with Crippen LogP contribution < -0.4 is 16.4 Å². The summed E-state index contributed by atoms with van der Waals surface area (Å²) in [5.74, 6) is 4.46. The third-order valence-electron chi connectivity index (χ3n) is 1.92. The molecule has 2 aromatic rings. The van der Waals surface area contributed by atoms with Gasteiger partial charge < -0.3 is 4.94 Å². The van der Waals surface area contributed by atoms with Crippen LogP contribution in [0.5, 0.6) is 0 Å². The first-order valence-electron chi connectivity index (χ1n) is 3.91. The second-order valence-electron chi connectivity index (χ2n) is 2.77. The molecular formula is C9H7FN2O2. The summed E-state index contributed by atoms with van der Waals surface area (Å²) in [6.07, 6.45) is 0. The molecule has 0 saturated carbocycles. The van der Waals surface area contributed by atoms with Gasteiger partial charge in [0, 0.05) is 17.5 Å². The van der Waals surface area contributed by atoms with Crippen LogP contribution in [0, 0.1) is 5.82 Å². The number of rotatable bonds is 1. The molecule has 0 spiro atoms. The third kappa shape index (κ3) is 1.23. The Labute approximate surface area is 78.2 Å². The molecule has 4 nitrogen and oxygen atoms in total. The number of aromatic nitrogens is 1. The second-order valence-corrected chi connectivity index (χ2v) is 2.77. The Bertz CT molecular complexity index is 536. The number of nitrogens with two attached hydrogens (primary N) is 1. The van der Waals surface area contributed by atoms with E-state index in [0.717, 1.165) is 4.73 Å². The summed E-state index contributed by atoms with van der Waals surface area (Å²) in [6.45, 7) is 0. The van der Waals surface area contributed by atoms with E-state index in [0.29, 0.717) is 10.9 Å². The van der Waals surface area contributed by atoms with Gasteiger partial charge in [-0.15, -0.1) is 10.6 Å². The zero-order valence-corrected chi connectivity index (χ0v) is 7.11. The molecule has 0 aliphatic heterocycles. The molecule has 5 heteroatoms. The van der Waals surface area contributed by atoms with Crippen molar-refractivity contribution in [2.75, 3.05) is 0 Å². The summed E-state index contributed by atoms with van der Waals surface area (Å²) < 4.78 is 13.7. The lowest BCUT2D eigenvalue weighted by atomic mass is 10.2. The van der Waals surface area contributed by atoms with E-state index in [9.17, 15) is 9.18 Å². The Hall–Kier alpha value is -1.88. The highest BCUT2D eigenvalue weighted by Crippen LogP contribution is 2.12. The normalized spacial score (nSPS) is 10.4. The minimum absolute atomic E-state index is 0.306. The van der Waals surface area contributed by atoms with E-state index in [-0.39, 0.29) is 0 Å². The van der Waals surface area contributed by atoms with Gasteiger partial charge in [0.15, 0.2) is 0 Å². The van der Waals surface area contributed by atoms with Gasteiger partial charge in [0.2, 0.25) is 0 Å². The molecule has 14 heavy (non-hydrogen) atoms. The van der Waals surface area contributed by atoms with Crippen molar-refractivity contribution in [2.45, 2.75) is 0 Å². The molecule has 2 N–H and O–H groups in total. The van der Waals surface area contributed by atoms with Crippen molar-refractivity contribution in [3.05, 3.63) is 46.5 Å². The molecule has 0 radical (unpaired) electrons. The summed E-state index contributed by atoms with van der Waals surface area (Å²) in [5.41, 5.74) is -0.134. The summed E-state index contributed by atoms with van der Waals surface area (Å²) in [5, 5.41) is 0.677. The molecule has 0 amide bonds. The number of fused-ring (bicyclic) bond motifs is 1. The van der Waals surface area contributed by atoms with Gasteiger partial charge in [0.1, 0.15) is 5.82 Å². The Morgan fingerprint density at radius 1 is 1.29 bits per heavy atom. The number of pyridine rings is 1. The molecule has 72 valence electrons. The predicted octanol–water partition coefficient (Wildman–Crippen LogP) is 0.443. The van der Waals surface area contributed by atoms with Gasteiger partial charge in [-0.05, 0) is 18.2 Å². The SMILES string of the molecule is NOn1c(=O)ccc2ccc(F)cc21. The second kappa shape index (κ2) is 3.12. The smallest absolute Gasteiger partial charge is 0.285 e. The van der Waals surface area contributed by atoms with Crippen LogP contribution in [0.1, 0.15) is 0 Å². The Morgan fingerprint density at radius 3 is 2.71 bits per heavy atom. The zero-order valence-electron chi connectivity index (χ0n) is 7.11. The number of hydrogen-bond acceptors (Lipinski definition) is 3. The summed E-state index contributed by atoms with van der Waals surface area (Å²) in [6, 6.07) is 6.90. The van der Waals surface area contributed by atoms with Crippen LogP contribution in [0.15, 0.2) is 35.1 Å². The van der Waals surface area contributed by atoms with Crippen molar-refractivity contribution in [2.24, 2.45) is 5.90 Å². The maximum absolute atomic E-state index is 12.9. The van der Waals surface area contributed by atoms with Gasteiger partial charge in [-0.25, -0.2) is 4.39 Å². The van der Waals surface area contributed by atoms with E-state index < -0.39 is 11.4 Å². The molecule has 2 rings (SSSR count). The average molecular weight is 194 g/mol. The minimum Gasteiger partial charge on any atom is -0.318 e. The van der Waals surface area contributed by atoms with Crippen LogP contribution in [0.2, 0.25) is 0 Å². The molecule has 0 bridgehead atoms. The lowest BCUT2D eigenvalue weighted by Crippen LogP contribution is -2.30. The van der Waals surface area contributed by atoms with Gasteiger partial charge in [0.05, 0.1) is 5.52 Å². The summed E-state index contributed by atoms with van der Waals surface area (Å²) in [7, 11) is 0. The molecule has 0 atom stereocenters. The highest BCUT2D eigenvalue weighted by atomic mass is 19.1. The molecule has 1 aromatic heterocycles. The lowest BCUT2D eigenvalue weighted by Gasteiger charge is -2.05. The van der Waals surface area contributed by atoms with Gasteiger partial charge in [-0.3, -0.25) is 4.79 Å². The number of nitrogens with zero attached hydrogens (tertiary/aromatic N) is 1. The largest absolute Gasteiger partial charge is 0.318 e. The summed E-state index contributed by atoms with van der Waals surface area (Å²) in [4.78, 5) is 15.6.